The third kappa shape index (κ3) is 1.99. The zero-order valence-electron chi connectivity index (χ0n) is 10.0. The van der Waals surface area contributed by atoms with Gasteiger partial charge in [0, 0.05) is 19.6 Å². The molecule has 0 bridgehead atoms. The molecule has 3 rings (SSSR count). The minimum absolute atomic E-state index is 0.0590. The van der Waals surface area contributed by atoms with Crippen LogP contribution in [0.1, 0.15) is 29.0 Å². The highest BCUT2D eigenvalue weighted by atomic mass is 19.4. The van der Waals surface area contributed by atoms with Crippen molar-refractivity contribution in [1.29, 1.82) is 0 Å². The number of fused-ring (bicyclic) bond motifs is 1. The van der Waals surface area contributed by atoms with Crippen LogP contribution in [0.2, 0.25) is 0 Å². The monoisotopic (exact) mass is 274 g/mol. The van der Waals surface area contributed by atoms with Gasteiger partial charge in [0.25, 0.3) is 5.91 Å². The molecule has 1 aliphatic carbocycles. The van der Waals surface area contributed by atoms with Gasteiger partial charge in [-0.05, 0) is 12.8 Å². The number of carbonyl (C=O) groups is 1. The first-order valence-electron chi connectivity index (χ1n) is 6.07. The van der Waals surface area contributed by atoms with Gasteiger partial charge in [-0.3, -0.25) is 4.79 Å². The number of alkyl halides is 3. The summed E-state index contributed by atoms with van der Waals surface area (Å²) in [5, 5.41) is 5.16. The van der Waals surface area contributed by atoms with Crippen molar-refractivity contribution in [2.75, 3.05) is 6.54 Å². The molecule has 1 fully saturated rings. The quantitative estimate of drug-likeness (QED) is 0.839. The Bertz CT molecular complexity index is 519. The van der Waals surface area contributed by atoms with Gasteiger partial charge in [0.05, 0.1) is 12.0 Å². The number of hydrogen-bond donors (Lipinski definition) is 2. The van der Waals surface area contributed by atoms with Crippen LogP contribution in [0.15, 0.2) is 6.33 Å². The van der Waals surface area contributed by atoms with Crippen LogP contribution < -0.4 is 10.6 Å². The number of halogens is 3. The Labute approximate surface area is 107 Å². The van der Waals surface area contributed by atoms with Crippen LogP contribution in [-0.2, 0) is 13.1 Å². The molecule has 2 heterocycles. The van der Waals surface area contributed by atoms with E-state index in [0.717, 1.165) is 6.54 Å². The Balaban J connectivity index is 1.80. The molecule has 0 atom stereocenters. The van der Waals surface area contributed by atoms with E-state index in [4.69, 9.17) is 0 Å². The lowest BCUT2D eigenvalue weighted by Crippen LogP contribution is -2.48. The Morgan fingerprint density at radius 2 is 2.21 bits per heavy atom. The first-order chi connectivity index (χ1) is 8.93. The van der Waals surface area contributed by atoms with Gasteiger partial charge in [-0.25, -0.2) is 4.98 Å². The minimum Gasteiger partial charge on any atom is -0.336 e. The van der Waals surface area contributed by atoms with Crippen LogP contribution in [0.3, 0.4) is 0 Å². The third-order valence-electron chi connectivity index (χ3n) is 3.63. The summed E-state index contributed by atoms with van der Waals surface area (Å²) in [5.74, 6) is -0.743. The summed E-state index contributed by atoms with van der Waals surface area (Å²) < 4.78 is 40.1. The Kier molecular flexibility index (Phi) is 2.60. The van der Waals surface area contributed by atoms with E-state index in [1.165, 1.54) is 6.33 Å². The summed E-state index contributed by atoms with van der Waals surface area (Å²) in [7, 11) is 0. The van der Waals surface area contributed by atoms with E-state index in [0.29, 0.717) is 18.8 Å². The summed E-state index contributed by atoms with van der Waals surface area (Å²) in [6, 6.07) is 0. The van der Waals surface area contributed by atoms with E-state index in [1.807, 2.05) is 0 Å². The van der Waals surface area contributed by atoms with Gasteiger partial charge in [-0.15, -0.1) is 0 Å². The number of imidazole rings is 1. The molecular weight excluding hydrogens is 261 g/mol. The topological polar surface area (TPSA) is 59.0 Å². The van der Waals surface area contributed by atoms with Crippen molar-refractivity contribution >= 4 is 5.91 Å². The van der Waals surface area contributed by atoms with Gasteiger partial charge < -0.3 is 15.2 Å². The van der Waals surface area contributed by atoms with Crippen molar-refractivity contribution < 1.29 is 18.0 Å². The highest BCUT2D eigenvalue weighted by molar-refractivity contribution is 5.94. The molecule has 0 aromatic carbocycles. The standard InChI is InChI=1S/C11H13F3N4O/c12-11(13,14)10(1-2-10)17-9(19)8-7-5-15-3-4-18(7)6-16-8/h6,15H,1-5H2,(H,17,19). The first kappa shape index (κ1) is 12.5. The third-order valence-corrected chi connectivity index (χ3v) is 3.63. The van der Waals surface area contributed by atoms with Crippen molar-refractivity contribution in [2.45, 2.75) is 37.6 Å². The van der Waals surface area contributed by atoms with E-state index < -0.39 is 17.6 Å². The number of amides is 1. The Morgan fingerprint density at radius 3 is 2.84 bits per heavy atom. The van der Waals surface area contributed by atoms with Crippen LogP contribution in [0.4, 0.5) is 13.2 Å². The number of carbonyl (C=O) groups excluding carboxylic acids is 1. The van der Waals surface area contributed by atoms with Gasteiger partial charge in [-0.1, -0.05) is 0 Å². The molecule has 1 aromatic rings. The average molecular weight is 274 g/mol. The van der Waals surface area contributed by atoms with E-state index in [-0.39, 0.29) is 18.5 Å². The molecule has 0 radical (unpaired) electrons. The van der Waals surface area contributed by atoms with Crippen molar-refractivity contribution in [1.82, 2.24) is 20.2 Å². The molecular formula is C11H13F3N4O. The maximum Gasteiger partial charge on any atom is 0.411 e. The van der Waals surface area contributed by atoms with Crippen molar-refractivity contribution in [3.63, 3.8) is 0 Å². The zero-order chi connectivity index (χ0) is 13.7. The number of hydrogen-bond acceptors (Lipinski definition) is 3. The summed E-state index contributed by atoms with van der Waals surface area (Å²) >= 11 is 0. The predicted molar refractivity (Wildman–Crippen MR) is 59.4 cm³/mol. The van der Waals surface area contributed by atoms with Crippen molar-refractivity contribution in [2.24, 2.45) is 0 Å². The lowest BCUT2D eigenvalue weighted by Gasteiger charge is -2.21. The van der Waals surface area contributed by atoms with Gasteiger partial charge >= 0.3 is 6.18 Å². The van der Waals surface area contributed by atoms with Gasteiger partial charge in [-0.2, -0.15) is 13.2 Å². The molecule has 2 aliphatic rings. The van der Waals surface area contributed by atoms with Crippen LogP contribution in [0, 0.1) is 0 Å². The lowest BCUT2D eigenvalue weighted by atomic mass is 10.2. The van der Waals surface area contributed by atoms with Crippen LogP contribution in [0.25, 0.3) is 0 Å². The summed E-state index contributed by atoms with van der Waals surface area (Å²) in [6.07, 6.45) is -3.02. The number of nitrogens with one attached hydrogen (secondary N) is 2. The van der Waals surface area contributed by atoms with Gasteiger partial charge in [0.2, 0.25) is 0 Å². The highest BCUT2D eigenvalue weighted by Gasteiger charge is 2.64. The van der Waals surface area contributed by atoms with E-state index in [9.17, 15) is 18.0 Å². The molecule has 1 aliphatic heterocycles. The Morgan fingerprint density at radius 1 is 1.47 bits per heavy atom. The molecule has 104 valence electrons. The number of rotatable bonds is 2. The SMILES string of the molecule is O=C(NC1(C(F)(F)F)CC1)c1ncn2c1CNCC2. The first-order valence-corrected chi connectivity index (χ1v) is 6.07. The minimum atomic E-state index is -4.40. The van der Waals surface area contributed by atoms with Crippen LogP contribution in [-0.4, -0.2) is 33.7 Å². The maximum atomic E-state index is 12.8. The van der Waals surface area contributed by atoms with E-state index in [2.05, 4.69) is 15.6 Å². The molecule has 1 amide bonds. The fourth-order valence-corrected chi connectivity index (χ4v) is 2.26. The largest absolute Gasteiger partial charge is 0.411 e. The molecule has 8 heteroatoms. The van der Waals surface area contributed by atoms with Crippen LogP contribution in [0.5, 0.6) is 0 Å². The van der Waals surface area contributed by atoms with E-state index >= 15 is 0 Å². The molecule has 0 saturated heterocycles. The molecule has 5 nitrogen and oxygen atoms in total. The average Bonchev–Trinajstić information content (AvgIpc) is 3.01. The Hall–Kier alpha value is -1.57. The molecule has 0 spiro atoms. The summed E-state index contributed by atoms with van der Waals surface area (Å²) in [6.45, 7) is 1.87. The molecule has 19 heavy (non-hydrogen) atoms. The van der Waals surface area contributed by atoms with Crippen molar-refractivity contribution in [3.05, 3.63) is 17.7 Å². The predicted octanol–water partition coefficient (Wildman–Crippen LogP) is 0.811. The van der Waals surface area contributed by atoms with Crippen LogP contribution >= 0.6 is 0 Å². The van der Waals surface area contributed by atoms with E-state index in [1.54, 1.807) is 4.57 Å². The fourth-order valence-electron chi connectivity index (χ4n) is 2.26. The maximum absolute atomic E-state index is 12.8. The number of nitrogens with zero attached hydrogens (tertiary/aromatic N) is 2. The second-order valence-electron chi connectivity index (χ2n) is 4.94. The smallest absolute Gasteiger partial charge is 0.336 e. The normalized spacial score (nSPS) is 20.8. The highest BCUT2D eigenvalue weighted by Crippen LogP contribution is 2.49. The molecule has 1 saturated carbocycles. The lowest BCUT2D eigenvalue weighted by molar-refractivity contribution is -0.163. The summed E-state index contributed by atoms with van der Waals surface area (Å²) in [4.78, 5) is 15.9. The number of aromatic nitrogens is 2. The van der Waals surface area contributed by atoms with Gasteiger partial charge in [0.15, 0.2) is 5.69 Å². The molecule has 2 N–H and O–H groups in total. The second-order valence-corrected chi connectivity index (χ2v) is 4.94. The summed E-state index contributed by atoms with van der Waals surface area (Å²) in [5.41, 5.74) is -1.31. The fraction of sp³-hybridized carbons (Fsp3) is 0.636. The molecule has 0 unspecified atom stereocenters. The second kappa shape index (κ2) is 3.96. The zero-order valence-corrected chi connectivity index (χ0v) is 10.0. The van der Waals surface area contributed by atoms with Gasteiger partial charge in [0.1, 0.15) is 5.54 Å². The van der Waals surface area contributed by atoms with Crippen molar-refractivity contribution in [3.8, 4) is 0 Å². The molecule has 1 aromatic heterocycles.